The lowest BCUT2D eigenvalue weighted by atomic mass is 9.43. The molecule has 0 amide bonds. The molecule has 2 aliphatic heterocycles. The number of esters is 1. The molecule has 9 atom stereocenters. The molecule has 2 saturated heterocycles. The van der Waals surface area contributed by atoms with Gasteiger partial charge < -0.3 is 24.8 Å². The summed E-state index contributed by atoms with van der Waals surface area (Å²) in [5.74, 6) is -1.26. The van der Waals surface area contributed by atoms with Crippen molar-refractivity contribution in [1.29, 1.82) is 0 Å². The Labute approximate surface area is 153 Å². The van der Waals surface area contributed by atoms with E-state index in [1.165, 1.54) is 0 Å². The van der Waals surface area contributed by atoms with Gasteiger partial charge in [0.2, 0.25) is 0 Å². The minimum Gasteiger partial charge on any atom is -0.461 e. The highest BCUT2D eigenvalue weighted by Crippen LogP contribution is 2.71. The van der Waals surface area contributed by atoms with E-state index in [1.54, 1.807) is 0 Å². The minimum absolute atomic E-state index is 0.181. The van der Waals surface area contributed by atoms with E-state index in [4.69, 9.17) is 9.47 Å². The molecule has 2 bridgehead atoms. The summed E-state index contributed by atoms with van der Waals surface area (Å²) in [6.07, 6.45) is -0.424. The van der Waals surface area contributed by atoms with Gasteiger partial charge >= 0.3 is 5.97 Å². The number of carbonyl (C=O) groups is 1. The molecule has 6 nitrogen and oxygen atoms in total. The van der Waals surface area contributed by atoms with Gasteiger partial charge in [-0.3, -0.25) is 4.79 Å². The van der Waals surface area contributed by atoms with Crippen LogP contribution in [0, 0.1) is 34.0 Å². The number of fused-ring (bicyclic) bond motifs is 1. The monoisotopic (exact) mass is 364 g/mol. The lowest BCUT2D eigenvalue weighted by Gasteiger charge is -2.63. The molecule has 0 unspecified atom stereocenters. The third kappa shape index (κ3) is 1.59. The van der Waals surface area contributed by atoms with Gasteiger partial charge in [0.15, 0.2) is 6.29 Å². The number of carbonyl (C=O) groups excluding carboxylic acids is 1. The van der Waals surface area contributed by atoms with E-state index in [0.29, 0.717) is 31.4 Å². The predicted molar refractivity (Wildman–Crippen MR) is 90.6 cm³/mol. The summed E-state index contributed by atoms with van der Waals surface area (Å²) in [7, 11) is 0. The highest BCUT2D eigenvalue weighted by Gasteiger charge is 2.79. The smallest absolute Gasteiger partial charge is 0.318 e. The molecule has 6 heteroatoms. The number of hydrogen-bond donors (Lipinski definition) is 3. The lowest BCUT2D eigenvalue weighted by Crippen LogP contribution is -2.71. The Morgan fingerprint density at radius 3 is 2.62 bits per heavy atom. The average Bonchev–Trinajstić information content (AvgIpc) is 2.98. The van der Waals surface area contributed by atoms with Crippen LogP contribution in [-0.2, 0) is 14.3 Å². The summed E-state index contributed by atoms with van der Waals surface area (Å²) in [5.41, 5.74) is -1.60. The Hall–Kier alpha value is -0.950. The van der Waals surface area contributed by atoms with E-state index >= 15 is 0 Å². The quantitative estimate of drug-likeness (QED) is 0.438. The second kappa shape index (κ2) is 4.90. The summed E-state index contributed by atoms with van der Waals surface area (Å²) < 4.78 is 11.7. The van der Waals surface area contributed by atoms with Gasteiger partial charge in [0.1, 0.15) is 11.5 Å². The van der Waals surface area contributed by atoms with E-state index in [0.717, 1.165) is 6.42 Å². The molecule has 3 N–H and O–H groups in total. The number of hydrogen-bond acceptors (Lipinski definition) is 6. The van der Waals surface area contributed by atoms with Crippen molar-refractivity contribution in [2.24, 2.45) is 34.0 Å². The van der Waals surface area contributed by atoms with Gasteiger partial charge in [-0.05, 0) is 42.6 Å². The minimum atomic E-state index is -1.38. The molecule has 0 aromatic rings. The summed E-state index contributed by atoms with van der Waals surface area (Å²) in [6.45, 7) is 8.53. The third-order valence-electron chi connectivity index (χ3n) is 8.61. The summed E-state index contributed by atoms with van der Waals surface area (Å²) in [4.78, 5) is 13.2. The maximum atomic E-state index is 13.2. The Bertz CT molecular complexity index is 688. The normalized spacial score (nSPS) is 57.2. The molecule has 0 radical (unpaired) electrons. The number of aliphatic hydroxyl groups excluding tert-OH is 3. The second-order valence-corrected chi connectivity index (χ2v) is 9.80. The Kier molecular flexibility index (Phi) is 3.24. The fourth-order valence-corrected chi connectivity index (χ4v) is 7.58. The van der Waals surface area contributed by atoms with E-state index in [2.05, 4.69) is 20.4 Å². The first-order chi connectivity index (χ1) is 12.2. The van der Waals surface area contributed by atoms with Crippen LogP contribution >= 0.6 is 0 Å². The standard InChI is InChI=1S/C20H28O6/c1-9-10-4-5-11-19-8-25-16(23)13(19)18(2,3)7-6-12(19)26-17(24)20(11,14(9)21)15(10)22/h10-16,21-23H,1,4-8H2,2-3H3/t10-,11-,12-,13+,14+,15+,16+,19+,20-/m0/s1. The van der Waals surface area contributed by atoms with E-state index in [-0.39, 0.29) is 29.3 Å². The molecule has 5 aliphatic rings. The van der Waals surface area contributed by atoms with Gasteiger partial charge in [0.25, 0.3) is 0 Å². The molecule has 3 saturated carbocycles. The van der Waals surface area contributed by atoms with Crippen LogP contribution in [0.25, 0.3) is 0 Å². The second-order valence-electron chi connectivity index (χ2n) is 9.80. The maximum Gasteiger partial charge on any atom is 0.318 e. The molecule has 2 spiro atoms. The molecule has 0 aromatic carbocycles. The summed E-state index contributed by atoms with van der Waals surface area (Å²) in [5, 5.41) is 32.8. The van der Waals surface area contributed by atoms with Crippen LogP contribution in [0.4, 0.5) is 0 Å². The van der Waals surface area contributed by atoms with Crippen molar-refractivity contribution in [2.75, 3.05) is 6.61 Å². The van der Waals surface area contributed by atoms with Gasteiger partial charge in [-0.15, -0.1) is 0 Å². The third-order valence-corrected chi connectivity index (χ3v) is 8.61. The van der Waals surface area contributed by atoms with Crippen LogP contribution in [0.3, 0.4) is 0 Å². The van der Waals surface area contributed by atoms with Crippen LogP contribution in [-0.4, -0.2) is 52.5 Å². The van der Waals surface area contributed by atoms with E-state index in [1.807, 2.05) is 0 Å². The van der Waals surface area contributed by atoms with Gasteiger partial charge in [0.05, 0.1) is 18.8 Å². The first-order valence-electron chi connectivity index (χ1n) is 9.74. The van der Waals surface area contributed by atoms with Crippen molar-refractivity contribution in [3.8, 4) is 0 Å². The molecular weight excluding hydrogens is 336 g/mol. The average molecular weight is 364 g/mol. The highest BCUT2D eigenvalue weighted by molar-refractivity contribution is 5.83. The van der Waals surface area contributed by atoms with Crippen molar-refractivity contribution in [1.82, 2.24) is 0 Å². The molecule has 0 aromatic heterocycles. The first-order valence-corrected chi connectivity index (χ1v) is 9.74. The van der Waals surface area contributed by atoms with Gasteiger partial charge in [0, 0.05) is 17.3 Å². The predicted octanol–water partition coefficient (Wildman–Crippen LogP) is 0.987. The zero-order valence-electron chi connectivity index (χ0n) is 15.4. The molecule has 2 heterocycles. The molecular formula is C20H28O6. The van der Waals surface area contributed by atoms with Gasteiger partial charge in [-0.2, -0.15) is 0 Å². The molecule has 5 fully saturated rings. The Balaban J connectivity index is 1.73. The Morgan fingerprint density at radius 2 is 1.88 bits per heavy atom. The fourth-order valence-electron chi connectivity index (χ4n) is 7.58. The molecule has 5 rings (SSSR count). The first kappa shape index (κ1) is 17.2. The van der Waals surface area contributed by atoms with Crippen molar-refractivity contribution in [3.05, 3.63) is 12.2 Å². The molecule has 26 heavy (non-hydrogen) atoms. The van der Waals surface area contributed by atoms with Crippen molar-refractivity contribution in [2.45, 2.75) is 64.1 Å². The summed E-state index contributed by atoms with van der Waals surface area (Å²) >= 11 is 0. The van der Waals surface area contributed by atoms with Crippen molar-refractivity contribution >= 4 is 5.97 Å². The van der Waals surface area contributed by atoms with Crippen LogP contribution < -0.4 is 0 Å². The topological polar surface area (TPSA) is 96.2 Å². The highest BCUT2D eigenvalue weighted by atomic mass is 16.6. The van der Waals surface area contributed by atoms with E-state index in [9.17, 15) is 20.1 Å². The lowest BCUT2D eigenvalue weighted by molar-refractivity contribution is -0.264. The van der Waals surface area contributed by atoms with E-state index < -0.39 is 35.3 Å². The largest absolute Gasteiger partial charge is 0.461 e. The van der Waals surface area contributed by atoms with Gasteiger partial charge in [-0.1, -0.05) is 20.4 Å². The number of rotatable bonds is 0. The fraction of sp³-hybridized carbons (Fsp3) is 0.850. The zero-order chi connectivity index (χ0) is 18.6. The Morgan fingerprint density at radius 1 is 1.15 bits per heavy atom. The SMILES string of the molecule is C=C1[C@@H](O)[C@@]23C(=O)O[C@H]4CCC(C)(C)[C@H]5[C@H](O)OC[C@@]45[C@@H]2CC[C@@H]1[C@H]3O. The van der Waals surface area contributed by atoms with Gasteiger partial charge in [-0.25, -0.2) is 0 Å². The maximum absolute atomic E-state index is 13.2. The summed E-state index contributed by atoms with van der Waals surface area (Å²) in [6, 6.07) is 0. The zero-order valence-corrected chi connectivity index (χ0v) is 15.4. The van der Waals surface area contributed by atoms with Crippen molar-refractivity contribution < 1.29 is 29.6 Å². The number of ether oxygens (including phenoxy) is 2. The van der Waals surface area contributed by atoms with Crippen LogP contribution in [0.15, 0.2) is 12.2 Å². The van der Waals surface area contributed by atoms with Crippen LogP contribution in [0.5, 0.6) is 0 Å². The van der Waals surface area contributed by atoms with Crippen LogP contribution in [0.1, 0.15) is 39.5 Å². The molecule has 3 aliphatic carbocycles. The number of aliphatic hydroxyl groups is 3. The van der Waals surface area contributed by atoms with Crippen LogP contribution in [0.2, 0.25) is 0 Å². The molecule has 144 valence electrons. The van der Waals surface area contributed by atoms with Crippen molar-refractivity contribution in [3.63, 3.8) is 0 Å².